The van der Waals surface area contributed by atoms with Gasteiger partial charge in [0.15, 0.2) is 10.2 Å². The fourth-order valence-corrected chi connectivity index (χ4v) is 2.17. The van der Waals surface area contributed by atoms with Gasteiger partial charge in [-0.3, -0.25) is 14.4 Å². The summed E-state index contributed by atoms with van der Waals surface area (Å²) in [5.41, 5.74) is 0. The van der Waals surface area contributed by atoms with Gasteiger partial charge in [0, 0.05) is 25.4 Å². The fourth-order valence-electron chi connectivity index (χ4n) is 0.627. The number of carbonyl (C=O) groups is 3. The molecule has 1 N–H and O–H groups in total. The van der Waals surface area contributed by atoms with Crippen LogP contribution in [-0.2, 0) is 14.4 Å². The molecule has 0 aliphatic rings. The van der Waals surface area contributed by atoms with Crippen molar-refractivity contribution in [2.75, 3.05) is 11.5 Å². The lowest BCUT2D eigenvalue weighted by molar-refractivity contribution is -0.140. The van der Waals surface area contributed by atoms with Crippen molar-refractivity contribution in [1.82, 2.24) is 0 Å². The number of hydrogen-bond acceptors (Lipinski definition) is 5. The molecule has 0 atom stereocenters. The van der Waals surface area contributed by atoms with Gasteiger partial charge >= 0.3 is 5.97 Å². The minimum absolute atomic E-state index is 0.107. The van der Waals surface area contributed by atoms with E-state index in [-0.39, 0.29) is 21.7 Å². The number of carbonyl (C=O) groups excluding carboxylic acids is 2. The van der Waals surface area contributed by atoms with Gasteiger partial charge in [-0.25, -0.2) is 0 Å². The van der Waals surface area contributed by atoms with Crippen LogP contribution in [0, 0.1) is 5.92 Å². The van der Waals surface area contributed by atoms with Crippen molar-refractivity contribution >= 4 is 39.7 Å². The second-order valence-corrected chi connectivity index (χ2v) is 5.03. The highest BCUT2D eigenvalue weighted by molar-refractivity contribution is 8.14. The predicted molar refractivity (Wildman–Crippen MR) is 57.4 cm³/mol. The lowest BCUT2D eigenvalue weighted by atomic mass is 10.2. The molecule has 0 aromatic rings. The van der Waals surface area contributed by atoms with E-state index in [4.69, 9.17) is 5.11 Å². The Hall–Kier alpha value is -0.490. The van der Waals surface area contributed by atoms with Gasteiger partial charge in [0.25, 0.3) is 0 Å². The average molecular weight is 236 g/mol. The summed E-state index contributed by atoms with van der Waals surface area (Å²) in [6, 6.07) is 0. The third-order valence-electron chi connectivity index (χ3n) is 1.32. The van der Waals surface area contributed by atoms with E-state index < -0.39 is 11.9 Å². The number of thioether (sulfide) groups is 2. The molecule has 0 rings (SSSR count). The van der Waals surface area contributed by atoms with Gasteiger partial charge in [-0.05, 0) is 0 Å². The Kier molecular flexibility index (Phi) is 6.65. The highest BCUT2D eigenvalue weighted by Crippen LogP contribution is 2.15. The molecule has 6 heteroatoms. The van der Waals surface area contributed by atoms with E-state index in [9.17, 15) is 14.4 Å². The Labute approximate surface area is 90.8 Å². The second kappa shape index (κ2) is 6.89. The number of hydrogen-bond donors (Lipinski definition) is 1. The van der Waals surface area contributed by atoms with E-state index in [0.717, 1.165) is 23.5 Å². The van der Waals surface area contributed by atoms with Crippen molar-refractivity contribution in [1.29, 1.82) is 0 Å². The van der Waals surface area contributed by atoms with Gasteiger partial charge in [0.05, 0.1) is 5.92 Å². The first-order valence-electron chi connectivity index (χ1n) is 3.93. The van der Waals surface area contributed by atoms with E-state index >= 15 is 0 Å². The topological polar surface area (TPSA) is 71.4 Å². The molecule has 0 aromatic carbocycles. The average Bonchev–Trinajstić information content (AvgIpc) is 2.02. The molecular weight excluding hydrogens is 224 g/mol. The van der Waals surface area contributed by atoms with Crippen LogP contribution in [0.3, 0.4) is 0 Å². The molecule has 4 nitrogen and oxygen atoms in total. The van der Waals surface area contributed by atoms with Crippen LogP contribution in [0.4, 0.5) is 0 Å². The molecule has 0 fully saturated rings. The molecule has 0 spiro atoms. The third kappa shape index (κ3) is 6.97. The van der Waals surface area contributed by atoms with Crippen molar-refractivity contribution in [2.45, 2.75) is 13.8 Å². The van der Waals surface area contributed by atoms with Crippen molar-refractivity contribution in [3.05, 3.63) is 0 Å². The molecule has 0 saturated carbocycles. The zero-order chi connectivity index (χ0) is 11.1. The smallest absolute Gasteiger partial charge is 0.308 e. The first-order chi connectivity index (χ1) is 6.43. The second-order valence-electron chi connectivity index (χ2n) is 2.64. The summed E-state index contributed by atoms with van der Waals surface area (Å²) in [4.78, 5) is 31.9. The zero-order valence-electron chi connectivity index (χ0n) is 7.98. The molecule has 0 aliphatic carbocycles. The SMILES string of the molecule is CC(=O)SCC(CSC(C)=O)C(=O)O. The standard InChI is InChI=1S/C8H12O4S2/c1-5(9)13-3-7(8(11)12)4-14-6(2)10/h7H,3-4H2,1-2H3,(H,11,12). The van der Waals surface area contributed by atoms with Crippen molar-refractivity contribution < 1.29 is 19.5 Å². The van der Waals surface area contributed by atoms with Crippen LogP contribution in [0.25, 0.3) is 0 Å². The summed E-state index contributed by atoms with van der Waals surface area (Å²) in [5, 5.41) is 8.54. The van der Waals surface area contributed by atoms with E-state index in [2.05, 4.69) is 0 Å². The van der Waals surface area contributed by atoms with E-state index in [1.54, 1.807) is 0 Å². The maximum atomic E-state index is 10.7. The summed E-state index contributed by atoms with van der Waals surface area (Å²) in [7, 11) is 0. The monoisotopic (exact) mass is 236 g/mol. The quantitative estimate of drug-likeness (QED) is 0.774. The molecule has 0 amide bonds. The fraction of sp³-hybridized carbons (Fsp3) is 0.625. The van der Waals surface area contributed by atoms with E-state index in [1.165, 1.54) is 13.8 Å². The normalized spacial score (nSPS) is 10.2. The summed E-state index contributed by atoms with van der Waals surface area (Å²) in [6.45, 7) is 2.78. The minimum atomic E-state index is -0.965. The Bertz CT molecular complexity index is 221. The van der Waals surface area contributed by atoms with Crippen LogP contribution in [0.2, 0.25) is 0 Å². The Balaban J connectivity index is 3.96. The summed E-state index contributed by atoms with van der Waals surface area (Å²) in [5.74, 6) is -1.15. The van der Waals surface area contributed by atoms with Crippen molar-refractivity contribution in [2.24, 2.45) is 5.92 Å². The van der Waals surface area contributed by atoms with Crippen LogP contribution in [0.1, 0.15) is 13.8 Å². The molecule has 0 bridgehead atoms. The van der Waals surface area contributed by atoms with Crippen LogP contribution in [0.15, 0.2) is 0 Å². The highest BCUT2D eigenvalue weighted by Gasteiger charge is 2.19. The number of carboxylic acids is 1. The van der Waals surface area contributed by atoms with E-state index in [0.29, 0.717) is 0 Å². The molecule has 0 heterocycles. The lowest BCUT2D eigenvalue weighted by Crippen LogP contribution is -2.20. The Morgan fingerprint density at radius 3 is 1.64 bits per heavy atom. The predicted octanol–water partition coefficient (Wildman–Crippen LogP) is 1.25. The van der Waals surface area contributed by atoms with Gasteiger partial charge in [-0.1, -0.05) is 23.5 Å². The maximum Gasteiger partial charge on any atom is 0.308 e. The number of aliphatic carboxylic acids is 1. The van der Waals surface area contributed by atoms with E-state index in [1.807, 2.05) is 0 Å². The van der Waals surface area contributed by atoms with Crippen LogP contribution in [-0.4, -0.2) is 32.8 Å². The zero-order valence-corrected chi connectivity index (χ0v) is 9.61. The van der Waals surface area contributed by atoms with Crippen molar-refractivity contribution in [3.8, 4) is 0 Å². The molecular formula is C8H12O4S2. The highest BCUT2D eigenvalue weighted by atomic mass is 32.2. The maximum absolute atomic E-state index is 10.7. The lowest BCUT2D eigenvalue weighted by Gasteiger charge is -2.08. The van der Waals surface area contributed by atoms with Gasteiger partial charge in [0.2, 0.25) is 0 Å². The Morgan fingerprint density at radius 2 is 1.43 bits per heavy atom. The Morgan fingerprint density at radius 1 is 1.07 bits per heavy atom. The van der Waals surface area contributed by atoms with Crippen LogP contribution < -0.4 is 0 Å². The largest absolute Gasteiger partial charge is 0.481 e. The molecule has 0 radical (unpaired) electrons. The number of rotatable bonds is 5. The molecule has 0 aromatic heterocycles. The van der Waals surface area contributed by atoms with Crippen molar-refractivity contribution in [3.63, 3.8) is 0 Å². The van der Waals surface area contributed by atoms with Gasteiger partial charge < -0.3 is 5.11 Å². The molecule has 0 aliphatic heterocycles. The van der Waals surface area contributed by atoms with Crippen LogP contribution in [0.5, 0.6) is 0 Å². The molecule has 80 valence electrons. The number of carboxylic acid groups (broad SMARTS) is 1. The molecule has 0 unspecified atom stereocenters. The van der Waals surface area contributed by atoms with Gasteiger partial charge in [0.1, 0.15) is 0 Å². The first kappa shape index (κ1) is 13.5. The summed E-state index contributed by atoms with van der Waals surface area (Å²) < 4.78 is 0. The molecule has 14 heavy (non-hydrogen) atoms. The summed E-state index contributed by atoms with van der Waals surface area (Å²) in [6.07, 6.45) is 0. The van der Waals surface area contributed by atoms with Crippen LogP contribution >= 0.6 is 23.5 Å². The minimum Gasteiger partial charge on any atom is -0.481 e. The third-order valence-corrected chi connectivity index (χ3v) is 3.28. The molecule has 0 saturated heterocycles. The summed E-state index contributed by atoms with van der Waals surface area (Å²) >= 11 is 1.95. The van der Waals surface area contributed by atoms with Gasteiger partial charge in [-0.15, -0.1) is 0 Å². The van der Waals surface area contributed by atoms with Gasteiger partial charge in [-0.2, -0.15) is 0 Å². The first-order valence-corrected chi connectivity index (χ1v) is 5.90.